The highest BCUT2D eigenvalue weighted by Gasteiger charge is 2.30. The lowest BCUT2D eigenvalue weighted by atomic mass is 10.0. The molecule has 0 saturated heterocycles. The number of aromatic nitrogens is 4. The first-order valence-corrected chi connectivity index (χ1v) is 8.64. The van der Waals surface area contributed by atoms with E-state index in [1.54, 1.807) is 36.3 Å². The van der Waals surface area contributed by atoms with Crippen molar-refractivity contribution in [2.75, 3.05) is 13.6 Å². The highest BCUT2D eigenvalue weighted by molar-refractivity contribution is 5.94. The first-order chi connectivity index (χ1) is 13.3. The first-order valence-electron chi connectivity index (χ1n) is 8.64. The highest BCUT2D eigenvalue weighted by atomic mass is 19.4. The van der Waals surface area contributed by atoms with E-state index in [9.17, 15) is 18.0 Å². The van der Waals surface area contributed by atoms with Crippen molar-refractivity contribution < 1.29 is 18.0 Å². The summed E-state index contributed by atoms with van der Waals surface area (Å²) in [4.78, 5) is 19.3. The third-order valence-electron chi connectivity index (χ3n) is 4.59. The maximum absolute atomic E-state index is 12.9. The van der Waals surface area contributed by atoms with Crippen LogP contribution in [0.4, 0.5) is 13.2 Å². The molecular formula is C19H16F3N5O. The number of pyridine rings is 1. The van der Waals surface area contributed by atoms with Gasteiger partial charge in [0.25, 0.3) is 5.91 Å². The number of likely N-dealkylation sites (N-methyl/N-ethyl adjacent to an activating group) is 1. The normalized spacial score (nSPS) is 14.3. The molecule has 0 aliphatic carbocycles. The monoisotopic (exact) mass is 387 g/mol. The second-order valence-corrected chi connectivity index (χ2v) is 6.66. The van der Waals surface area contributed by atoms with Gasteiger partial charge in [-0.1, -0.05) is 18.2 Å². The van der Waals surface area contributed by atoms with Crippen molar-refractivity contribution in [1.29, 1.82) is 0 Å². The van der Waals surface area contributed by atoms with Crippen LogP contribution >= 0.6 is 0 Å². The van der Waals surface area contributed by atoms with E-state index in [-0.39, 0.29) is 5.91 Å². The van der Waals surface area contributed by atoms with Crippen LogP contribution in [0.5, 0.6) is 0 Å². The summed E-state index contributed by atoms with van der Waals surface area (Å²) in [6.07, 6.45) is -1.91. The van der Waals surface area contributed by atoms with E-state index in [0.717, 1.165) is 17.7 Å². The zero-order chi connectivity index (χ0) is 19.9. The quantitative estimate of drug-likeness (QED) is 0.693. The predicted octanol–water partition coefficient (Wildman–Crippen LogP) is 2.90. The Morgan fingerprint density at radius 2 is 1.89 bits per heavy atom. The Morgan fingerprint density at radius 1 is 1.11 bits per heavy atom. The van der Waals surface area contributed by atoms with E-state index in [1.165, 1.54) is 10.9 Å². The Hall–Kier alpha value is -3.23. The molecule has 0 atom stereocenters. The summed E-state index contributed by atoms with van der Waals surface area (Å²) in [6, 6.07) is 8.67. The number of hydrogen-bond acceptors (Lipinski definition) is 4. The molecule has 4 rings (SSSR count). The van der Waals surface area contributed by atoms with Crippen LogP contribution in [0.2, 0.25) is 0 Å². The number of carbonyl (C=O) groups excluding carboxylic acids is 1. The molecule has 0 N–H and O–H groups in total. The molecule has 0 unspecified atom stereocenters. The third kappa shape index (κ3) is 3.47. The van der Waals surface area contributed by atoms with Crippen molar-refractivity contribution in [3.63, 3.8) is 0 Å². The van der Waals surface area contributed by atoms with Gasteiger partial charge in [-0.05, 0) is 35.7 Å². The van der Waals surface area contributed by atoms with Crippen molar-refractivity contribution >= 4 is 5.91 Å². The predicted molar refractivity (Wildman–Crippen MR) is 94.1 cm³/mol. The number of amides is 1. The summed E-state index contributed by atoms with van der Waals surface area (Å²) in [5, 5.41) is 8.60. The van der Waals surface area contributed by atoms with Gasteiger partial charge in [0.05, 0.1) is 11.3 Å². The average Bonchev–Trinajstić information content (AvgIpc) is 3.10. The summed E-state index contributed by atoms with van der Waals surface area (Å²) in [7, 11) is 1.71. The molecule has 0 saturated carbocycles. The minimum atomic E-state index is -4.38. The summed E-state index contributed by atoms with van der Waals surface area (Å²) >= 11 is 0. The molecular weight excluding hydrogens is 371 g/mol. The molecule has 2 aromatic heterocycles. The Morgan fingerprint density at radius 3 is 2.68 bits per heavy atom. The fourth-order valence-electron chi connectivity index (χ4n) is 3.10. The topological polar surface area (TPSA) is 63.9 Å². The fraction of sp³-hybridized carbons (Fsp3) is 0.263. The van der Waals surface area contributed by atoms with Crippen molar-refractivity contribution in [2.45, 2.75) is 19.0 Å². The molecule has 6 nitrogen and oxygen atoms in total. The molecule has 0 fully saturated rings. The standard InChI is InChI=1S/C19H16F3N5O/c1-26-8-6-15-17(18(26)28)25-27(24-15)16-11-13(5-7-23-16)9-12-3-2-4-14(10-12)19(20,21)22/h2-5,7,10-11H,6,8-9H2,1H3. The van der Waals surface area contributed by atoms with Crippen LogP contribution in [0.15, 0.2) is 42.6 Å². The summed E-state index contributed by atoms with van der Waals surface area (Å²) < 4.78 is 38.7. The molecule has 3 heterocycles. The Bertz CT molecular complexity index is 1040. The Labute approximate surface area is 158 Å². The van der Waals surface area contributed by atoms with E-state index in [2.05, 4.69) is 15.2 Å². The minimum Gasteiger partial charge on any atom is -0.340 e. The van der Waals surface area contributed by atoms with Gasteiger partial charge in [0.15, 0.2) is 11.5 Å². The lowest BCUT2D eigenvalue weighted by Gasteiger charge is -2.19. The summed E-state index contributed by atoms with van der Waals surface area (Å²) in [5.41, 5.74) is 1.55. The number of carbonyl (C=O) groups is 1. The Balaban J connectivity index is 1.61. The van der Waals surface area contributed by atoms with Crippen LogP contribution in [0.25, 0.3) is 5.82 Å². The fourth-order valence-corrected chi connectivity index (χ4v) is 3.10. The van der Waals surface area contributed by atoms with Gasteiger partial charge in [-0.2, -0.15) is 18.3 Å². The molecule has 144 valence electrons. The SMILES string of the molecule is CN1CCc2nn(-c3cc(Cc4cccc(C(F)(F)F)c4)ccn3)nc2C1=O. The smallest absolute Gasteiger partial charge is 0.340 e. The molecule has 1 amide bonds. The molecule has 3 aromatic rings. The van der Waals surface area contributed by atoms with Crippen molar-refractivity contribution in [1.82, 2.24) is 24.9 Å². The van der Waals surface area contributed by atoms with Crippen molar-refractivity contribution in [3.05, 3.63) is 70.7 Å². The molecule has 1 aromatic carbocycles. The zero-order valence-electron chi connectivity index (χ0n) is 14.9. The number of rotatable bonds is 3. The zero-order valence-corrected chi connectivity index (χ0v) is 14.9. The van der Waals surface area contributed by atoms with Gasteiger partial charge in [-0.3, -0.25) is 4.79 Å². The van der Waals surface area contributed by atoms with E-state index >= 15 is 0 Å². The highest BCUT2D eigenvalue weighted by Crippen LogP contribution is 2.30. The number of benzene rings is 1. The van der Waals surface area contributed by atoms with Gasteiger partial charge in [-0.15, -0.1) is 9.90 Å². The van der Waals surface area contributed by atoms with Crippen LogP contribution in [0.3, 0.4) is 0 Å². The van der Waals surface area contributed by atoms with Gasteiger partial charge in [-0.25, -0.2) is 4.98 Å². The Kier molecular flexibility index (Phi) is 4.37. The second kappa shape index (κ2) is 6.74. The van der Waals surface area contributed by atoms with E-state index in [0.29, 0.717) is 42.2 Å². The van der Waals surface area contributed by atoms with Crippen LogP contribution < -0.4 is 0 Å². The first kappa shape index (κ1) is 18.1. The lowest BCUT2D eigenvalue weighted by molar-refractivity contribution is -0.137. The number of hydrogen-bond donors (Lipinski definition) is 0. The molecule has 28 heavy (non-hydrogen) atoms. The number of alkyl halides is 3. The molecule has 0 spiro atoms. The average molecular weight is 387 g/mol. The van der Waals surface area contributed by atoms with Gasteiger partial charge in [0.1, 0.15) is 0 Å². The molecule has 1 aliphatic heterocycles. The minimum absolute atomic E-state index is 0.187. The van der Waals surface area contributed by atoms with Crippen molar-refractivity contribution in [3.8, 4) is 5.82 Å². The van der Waals surface area contributed by atoms with Gasteiger partial charge in [0, 0.05) is 26.2 Å². The number of halogens is 3. The van der Waals surface area contributed by atoms with Gasteiger partial charge < -0.3 is 4.90 Å². The van der Waals surface area contributed by atoms with Gasteiger partial charge in [0.2, 0.25) is 0 Å². The maximum Gasteiger partial charge on any atom is 0.416 e. The number of nitrogens with zero attached hydrogens (tertiary/aromatic N) is 5. The van der Waals surface area contributed by atoms with Crippen LogP contribution in [0, 0.1) is 0 Å². The number of fused-ring (bicyclic) bond motifs is 1. The van der Waals surface area contributed by atoms with Crippen LogP contribution in [-0.2, 0) is 19.0 Å². The van der Waals surface area contributed by atoms with E-state index in [1.807, 2.05) is 0 Å². The molecule has 0 bridgehead atoms. The maximum atomic E-state index is 12.9. The largest absolute Gasteiger partial charge is 0.416 e. The van der Waals surface area contributed by atoms with Crippen molar-refractivity contribution in [2.24, 2.45) is 0 Å². The lowest BCUT2D eigenvalue weighted by Crippen LogP contribution is -2.34. The second-order valence-electron chi connectivity index (χ2n) is 6.66. The molecule has 0 radical (unpaired) electrons. The van der Waals surface area contributed by atoms with Crippen LogP contribution in [-0.4, -0.2) is 44.4 Å². The van der Waals surface area contributed by atoms with Gasteiger partial charge >= 0.3 is 6.18 Å². The summed E-state index contributed by atoms with van der Waals surface area (Å²) in [6.45, 7) is 0.577. The molecule has 1 aliphatic rings. The third-order valence-corrected chi connectivity index (χ3v) is 4.59. The summed E-state index contributed by atoms with van der Waals surface area (Å²) in [5.74, 6) is 0.224. The van der Waals surface area contributed by atoms with E-state index in [4.69, 9.17) is 0 Å². The molecule has 9 heteroatoms. The van der Waals surface area contributed by atoms with Crippen LogP contribution in [0.1, 0.15) is 32.9 Å². The van der Waals surface area contributed by atoms with E-state index < -0.39 is 11.7 Å².